The number of pyridine rings is 1. The number of allylic oxidation sites excluding steroid dienone is 2. The van der Waals surface area contributed by atoms with Gasteiger partial charge in [0.05, 0.1) is 5.71 Å². The van der Waals surface area contributed by atoms with Crippen LogP contribution in [0.1, 0.15) is 45.1 Å². The van der Waals surface area contributed by atoms with Gasteiger partial charge in [-0.15, -0.1) is 0 Å². The summed E-state index contributed by atoms with van der Waals surface area (Å²) in [5.74, 6) is 0. The first kappa shape index (κ1) is 22.3. The molecule has 0 aromatic carbocycles. The highest BCUT2D eigenvalue weighted by Crippen LogP contribution is 2.25. The van der Waals surface area contributed by atoms with E-state index in [1.165, 1.54) is 0 Å². The van der Waals surface area contributed by atoms with Crippen LogP contribution < -0.4 is 11.1 Å². The molecule has 1 amide bonds. The van der Waals surface area contributed by atoms with Crippen molar-refractivity contribution in [2.45, 2.75) is 52.1 Å². The maximum Gasteiger partial charge on any atom is 0.207 e. The number of aliphatic imine (C=N–C) groups is 1. The normalized spacial score (nSPS) is 14.3. The van der Waals surface area contributed by atoms with Gasteiger partial charge in [0, 0.05) is 41.9 Å². The quantitative estimate of drug-likeness (QED) is 0.494. The van der Waals surface area contributed by atoms with Gasteiger partial charge in [-0.3, -0.25) is 9.79 Å². The van der Waals surface area contributed by atoms with Gasteiger partial charge >= 0.3 is 0 Å². The number of nitrogens with one attached hydrogen (secondary N) is 1. The molecule has 3 N–H and O–H groups in total. The number of rotatable bonds is 9. The molecule has 156 valence electrons. The molecule has 7 heteroatoms. The van der Waals surface area contributed by atoms with Crippen LogP contribution in [0.5, 0.6) is 0 Å². The Morgan fingerprint density at radius 1 is 1.41 bits per heavy atom. The van der Waals surface area contributed by atoms with Gasteiger partial charge in [0.2, 0.25) is 6.41 Å². The summed E-state index contributed by atoms with van der Waals surface area (Å²) in [4.78, 5) is 19.1. The summed E-state index contributed by atoms with van der Waals surface area (Å²) in [5, 5.41) is 3.50. The molecule has 1 atom stereocenters. The van der Waals surface area contributed by atoms with Crippen molar-refractivity contribution in [2.75, 3.05) is 6.54 Å². The zero-order chi connectivity index (χ0) is 21.2. The van der Waals surface area contributed by atoms with Crippen LogP contribution in [0.25, 0.3) is 16.7 Å². The van der Waals surface area contributed by atoms with Crippen molar-refractivity contribution in [2.24, 2.45) is 10.7 Å². The van der Waals surface area contributed by atoms with Crippen molar-refractivity contribution < 1.29 is 9.18 Å². The maximum absolute atomic E-state index is 13.8. The number of nitrogens with zero attached hydrogens (tertiary/aromatic N) is 3. The van der Waals surface area contributed by atoms with E-state index in [4.69, 9.17) is 5.73 Å². The Morgan fingerprint density at radius 3 is 2.86 bits per heavy atom. The van der Waals surface area contributed by atoms with Gasteiger partial charge in [-0.05, 0) is 49.8 Å². The first-order valence-corrected chi connectivity index (χ1v) is 10.1. The van der Waals surface area contributed by atoms with Crippen LogP contribution >= 0.6 is 0 Å². The molecule has 3 heterocycles. The molecular weight excluding hydrogens is 369 g/mol. The summed E-state index contributed by atoms with van der Waals surface area (Å²) < 4.78 is 15.9. The van der Waals surface area contributed by atoms with Crippen molar-refractivity contribution in [3.05, 3.63) is 48.6 Å². The predicted molar refractivity (Wildman–Crippen MR) is 117 cm³/mol. The van der Waals surface area contributed by atoms with Gasteiger partial charge in [-0.1, -0.05) is 20.4 Å². The number of carbonyl (C=O) groups is 1. The fraction of sp³-hybridized carbons (Fsp3) is 0.409. The maximum atomic E-state index is 13.8. The second kappa shape index (κ2) is 11.1. The van der Waals surface area contributed by atoms with Crippen molar-refractivity contribution in [3.8, 4) is 0 Å². The van der Waals surface area contributed by atoms with Crippen molar-refractivity contribution in [3.63, 3.8) is 0 Å². The predicted octanol–water partition coefficient (Wildman–Crippen LogP) is 3.97. The molecule has 0 radical (unpaired) electrons. The third-order valence-corrected chi connectivity index (χ3v) is 4.68. The van der Waals surface area contributed by atoms with E-state index in [9.17, 15) is 9.18 Å². The van der Waals surface area contributed by atoms with Crippen LogP contribution in [0.15, 0.2) is 48.0 Å². The van der Waals surface area contributed by atoms with Gasteiger partial charge in [-0.25, -0.2) is 9.37 Å². The first-order chi connectivity index (χ1) is 14.1. The zero-order valence-electron chi connectivity index (χ0n) is 17.2. The molecule has 1 unspecified atom stereocenters. The second-order valence-corrected chi connectivity index (χ2v) is 6.66. The lowest BCUT2D eigenvalue weighted by Crippen LogP contribution is -2.17. The van der Waals surface area contributed by atoms with Crippen LogP contribution in [0.3, 0.4) is 0 Å². The van der Waals surface area contributed by atoms with Crippen LogP contribution in [-0.2, 0) is 11.2 Å². The SMILES string of the molecule is C=C(N)C1=NC=C(n2ccc3cc(CCC(F)CCNC=O)cnc32)CC1.CC. The molecule has 6 nitrogen and oxygen atoms in total. The summed E-state index contributed by atoms with van der Waals surface area (Å²) in [6.45, 7) is 8.09. The lowest BCUT2D eigenvalue weighted by atomic mass is 10.1. The number of hydrogen-bond donors (Lipinski definition) is 2. The van der Waals surface area contributed by atoms with Crippen LogP contribution in [0, 0.1) is 0 Å². The molecule has 29 heavy (non-hydrogen) atoms. The Bertz CT molecular complexity index is 900. The lowest BCUT2D eigenvalue weighted by molar-refractivity contribution is -0.109. The Labute approximate surface area is 171 Å². The molecule has 2 aromatic heterocycles. The minimum Gasteiger partial charge on any atom is -0.398 e. The molecule has 0 saturated heterocycles. The van der Waals surface area contributed by atoms with Gasteiger partial charge in [0.25, 0.3) is 0 Å². The number of halogens is 1. The third kappa shape index (κ3) is 6.01. The molecule has 0 aliphatic carbocycles. The van der Waals surface area contributed by atoms with E-state index in [1.807, 2.05) is 36.9 Å². The fourth-order valence-electron chi connectivity index (χ4n) is 3.16. The summed E-state index contributed by atoms with van der Waals surface area (Å²) in [7, 11) is 0. The topological polar surface area (TPSA) is 85.3 Å². The van der Waals surface area contributed by atoms with Crippen molar-refractivity contribution in [1.82, 2.24) is 14.9 Å². The Kier molecular flexibility index (Phi) is 8.58. The van der Waals surface area contributed by atoms with E-state index < -0.39 is 6.17 Å². The first-order valence-electron chi connectivity index (χ1n) is 10.1. The van der Waals surface area contributed by atoms with E-state index >= 15 is 0 Å². The summed E-state index contributed by atoms with van der Waals surface area (Å²) >= 11 is 0. The number of hydrogen-bond acceptors (Lipinski definition) is 4. The van der Waals surface area contributed by atoms with E-state index in [-0.39, 0.29) is 0 Å². The average molecular weight is 400 g/mol. The molecule has 0 saturated carbocycles. The van der Waals surface area contributed by atoms with E-state index in [2.05, 4.69) is 27.9 Å². The van der Waals surface area contributed by atoms with Gasteiger partial charge in [-0.2, -0.15) is 0 Å². The Morgan fingerprint density at radius 2 is 2.21 bits per heavy atom. The smallest absolute Gasteiger partial charge is 0.207 e. The van der Waals surface area contributed by atoms with E-state index in [0.29, 0.717) is 37.9 Å². The second-order valence-electron chi connectivity index (χ2n) is 6.66. The highest BCUT2D eigenvalue weighted by Gasteiger charge is 2.14. The highest BCUT2D eigenvalue weighted by atomic mass is 19.1. The van der Waals surface area contributed by atoms with E-state index in [1.54, 1.807) is 6.20 Å². The molecule has 1 aliphatic rings. The largest absolute Gasteiger partial charge is 0.398 e. The number of aromatic nitrogens is 2. The number of amides is 1. The summed E-state index contributed by atoms with van der Waals surface area (Å²) in [6, 6.07) is 4.06. The lowest BCUT2D eigenvalue weighted by Gasteiger charge is -2.15. The minimum absolute atomic E-state index is 0.330. The average Bonchev–Trinajstić information content (AvgIpc) is 3.17. The molecule has 0 spiro atoms. The number of alkyl halides is 1. The van der Waals surface area contributed by atoms with Gasteiger partial charge < -0.3 is 15.6 Å². The number of nitrogens with two attached hydrogens (primary N) is 1. The van der Waals surface area contributed by atoms with Crippen molar-refractivity contribution >= 4 is 28.9 Å². The number of carbonyl (C=O) groups excluding carboxylic acids is 1. The van der Waals surface area contributed by atoms with Crippen LogP contribution in [0.4, 0.5) is 4.39 Å². The number of aryl methyl sites for hydroxylation is 1. The fourth-order valence-corrected chi connectivity index (χ4v) is 3.16. The summed E-state index contributed by atoms with van der Waals surface area (Å²) in [5.41, 5.74) is 9.97. The van der Waals surface area contributed by atoms with E-state index in [0.717, 1.165) is 40.8 Å². The third-order valence-electron chi connectivity index (χ3n) is 4.68. The minimum atomic E-state index is -0.936. The number of fused-ring (bicyclic) bond motifs is 1. The zero-order valence-corrected chi connectivity index (χ0v) is 17.2. The highest BCUT2D eigenvalue weighted by molar-refractivity contribution is 6.01. The van der Waals surface area contributed by atoms with Crippen LogP contribution in [0.2, 0.25) is 0 Å². The molecule has 0 fully saturated rings. The Balaban J connectivity index is 0.00000145. The molecular formula is C22H30FN5O. The van der Waals surface area contributed by atoms with Crippen molar-refractivity contribution in [1.29, 1.82) is 0 Å². The Hall–Kier alpha value is -2.96. The molecule has 2 aromatic rings. The standard InChI is InChI=1S/C20H24FN5O.C2H6/c1-14(22)19-5-4-18(12-24-19)26-9-7-16-10-15(11-25-20(16)26)2-3-17(21)6-8-23-13-27;1-2/h7,9-13,17H,1-6,8,22H2,(H,23,27);1-2H3. The molecule has 3 rings (SSSR count). The molecule has 0 bridgehead atoms. The van der Waals surface area contributed by atoms with Gasteiger partial charge in [0.15, 0.2) is 0 Å². The molecule has 1 aliphatic heterocycles. The van der Waals surface area contributed by atoms with Gasteiger partial charge in [0.1, 0.15) is 11.8 Å². The van der Waals surface area contributed by atoms with Crippen LogP contribution in [-0.4, -0.2) is 34.4 Å². The monoisotopic (exact) mass is 399 g/mol. The summed E-state index contributed by atoms with van der Waals surface area (Å²) in [6.07, 6.45) is 8.19.